The monoisotopic (exact) mass is 306 g/mol. The van der Waals surface area contributed by atoms with E-state index in [1.807, 2.05) is 48.5 Å². The highest BCUT2D eigenvalue weighted by Crippen LogP contribution is 2.28. The Kier molecular flexibility index (Phi) is 4.52. The van der Waals surface area contributed by atoms with Gasteiger partial charge in [-0.25, -0.2) is 0 Å². The van der Waals surface area contributed by atoms with Crippen molar-refractivity contribution in [2.45, 2.75) is 20.8 Å². The lowest BCUT2D eigenvalue weighted by molar-refractivity contribution is 0.413. The molecule has 0 fully saturated rings. The molecule has 0 heterocycles. The molecular formula is C21H22O2. The molecule has 1 aliphatic carbocycles. The lowest BCUT2D eigenvalue weighted by Gasteiger charge is -2.19. The van der Waals surface area contributed by atoms with Crippen molar-refractivity contribution >= 4 is 0 Å². The number of hydrogen-bond acceptors (Lipinski definition) is 2. The van der Waals surface area contributed by atoms with Gasteiger partial charge in [0.15, 0.2) is 0 Å². The van der Waals surface area contributed by atoms with Crippen molar-refractivity contribution in [3.8, 4) is 17.2 Å². The predicted octanol–water partition coefficient (Wildman–Crippen LogP) is 5.89. The molecule has 2 aromatic rings. The minimum Gasteiger partial charge on any atom is -0.458 e. The molecule has 0 saturated carbocycles. The summed E-state index contributed by atoms with van der Waals surface area (Å²) < 4.78 is 11.9. The number of ether oxygens (including phenoxy) is 2. The van der Waals surface area contributed by atoms with Gasteiger partial charge in [-0.15, -0.1) is 0 Å². The molecule has 1 aliphatic rings. The van der Waals surface area contributed by atoms with Gasteiger partial charge in [-0.2, -0.15) is 0 Å². The van der Waals surface area contributed by atoms with Crippen LogP contribution in [-0.2, 0) is 0 Å². The normalized spacial score (nSPS) is 20.0. The van der Waals surface area contributed by atoms with Gasteiger partial charge in [-0.05, 0) is 60.7 Å². The first-order chi connectivity index (χ1) is 11.1. The van der Waals surface area contributed by atoms with Crippen LogP contribution >= 0.6 is 0 Å². The highest BCUT2D eigenvalue weighted by atomic mass is 16.5. The lowest BCUT2D eigenvalue weighted by Crippen LogP contribution is -2.09. The largest absolute Gasteiger partial charge is 0.458 e. The summed E-state index contributed by atoms with van der Waals surface area (Å²) in [5.74, 6) is 4.33. The van der Waals surface area contributed by atoms with E-state index in [4.69, 9.17) is 9.47 Å². The van der Waals surface area contributed by atoms with Crippen molar-refractivity contribution in [3.05, 3.63) is 78.1 Å². The van der Waals surface area contributed by atoms with E-state index >= 15 is 0 Å². The topological polar surface area (TPSA) is 18.5 Å². The molecule has 0 saturated heterocycles. The molecule has 0 spiro atoms. The van der Waals surface area contributed by atoms with Gasteiger partial charge in [0.2, 0.25) is 0 Å². The Hall–Kier alpha value is -2.48. The van der Waals surface area contributed by atoms with Crippen LogP contribution in [0.1, 0.15) is 19.4 Å². The first-order valence-corrected chi connectivity index (χ1v) is 8.02. The van der Waals surface area contributed by atoms with Crippen LogP contribution in [0, 0.1) is 18.8 Å². The third kappa shape index (κ3) is 4.04. The maximum absolute atomic E-state index is 5.97. The van der Waals surface area contributed by atoms with Gasteiger partial charge in [-0.3, -0.25) is 0 Å². The Bertz CT molecular complexity index is 743. The molecule has 0 amide bonds. The summed E-state index contributed by atoms with van der Waals surface area (Å²) in [7, 11) is 0. The minimum atomic E-state index is 0.488. The summed E-state index contributed by atoms with van der Waals surface area (Å²) in [6, 6.07) is 15.8. The van der Waals surface area contributed by atoms with E-state index in [9.17, 15) is 0 Å². The van der Waals surface area contributed by atoms with E-state index < -0.39 is 0 Å². The summed E-state index contributed by atoms with van der Waals surface area (Å²) in [5.41, 5.74) is 1.18. The van der Waals surface area contributed by atoms with Crippen molar-refractivity contribution in [1.82, 2.24) is 0 Å². The Morgan fingerprint density at radius 2 is 1.43 bits per heavy atom. The highest BCUT2D eigenvalue weighted by molar-refractivity contribution is 5.39. The molecule has 0 N–H and O–H groups in total. The molecule has 118 valence electrons. The maximum atomic E-state index is 5.97. The van der Waals surface area contributed by atoms with Crippen LogP contribution in [-0.4, -0.2) is 0 Å². The average molecular weight is 306 g/mol. The van der Waals surface area contributed by atoms with Gasteiger partial charge in [0.1, 0.15) is 23.0 Å². The Labute approximate surface area is 138 Å². The maximum Gasteiger partial charge on any atom is 0.131 e. The molecule has 0 bridgehead atoms. The Morgan fingerprint density at radius 1 is 0.783 bits per heavy atom. The van der Waals surface area contributed by atoms with Crippen molar-refractivity contribution in [1.29, 1.82) is 0 Å². The zero-order chi connectivity index (χ0) is 16.2. The summed E-state index contributed by atoms with van der Waals surface area (Å²) in [6.07, 6.45) is 6.39. The zero-order valence-electron chi connectivity index (χ0n) is 13.8. The number of rotatable bonds is 4. The fourth-order valence-electron chi connectivity index (χ4n) is 2.51. The third-order valence-corrected chi connectivity index (χ3v) is 4.09. The molecule has 2 nitrogen and oxygen atoms in total. The van der Waals surface area contributed by atoms with E-state index in [1.54, 1.807) is 0 Å². The first-order valence-electron chi connectivity index (χ1n) is 8.02. The van der Waals surface area contributed by atoms with Crippen LogP contribution in [0.4, 0.5) is 0 Å². The molecule has 0 aliphatic heterocycles. The van der Waals surface area contributed by atoms with Gasteiger partial charge in [0, 0.05) is 6.07 Å². The summed E-state index contributed by atoms with van der Waals surface area (Å²) >= 11 is 0. The smallest absolute Gasteiger partial charge is 0.131 e. The molecule has 2 atom stereocenters. The van der Waals surface area contributed by atoms with Crippen molar-refractivity contribution < 1.29 is 9.47 Å². The zero-order valence-corrected chi connectivity index (χ0v) is 13.8. The van der Waals surface area contributed by atoms with Crippen molar-refractivity contribution in [3.63, 3.8) is 0 Å². The second kappa shape index (κ2) is 6.74. The van der Waals surface area contributed by atoms with Crippen LogP contribution in [0.25, 0.3) is 0 Å². The van der Waals surface area contributed by atoms with E-state index in [0.717, 1.165) is 23.0 Å². The Morgan fingerprint density at radius 3 is 2.13 bits per heavy atom. The summed E-state index contributed by atoms with van der Waals surface area (Å²) in [5, 5.41) is 0. The second-order valence-corrected chi connectivity index (χ2v) is 6.14. The molecule has 2 unspecified atom stereocenters. The Balaban J connectivity index is 1.73. The lowest BCUT2D eigenvalue weighted by atomic mass is 9.91. The number of aryl methyl sites for hydroxylation is 1. The van der Waals surface area contributed by atoms with Crippen LogP contribution in [0.2, 0.25) is 0 Å². The third-order valence-electron chi connectivity index (χ3n) is 4.09. The van der Waals surface area contributed by atoms with Gasteiger partial charge >= 0.3 is 0 Å². The van der Waals surface area contributed by atoms with Crippen LogP contribution in [0.5, 0.6) is 17.2 Å². The van der Waals surface area contributed by atoms with Crippen LogP contribution in [0.15, 0.2) is 72.5 Å². The van der Waals surface area contributed by atoms with Crippen molar-refractivity contribution in [2.24, 2.45) is 11.8 Å². The van der Waals surface area contributed by atoms with Gasteiger partial charge in [0.05, 0.1) is 0 Å². The fourth-order valence-corrected chi connectivity index (χ4v) is 2.51. The van der Waals surface area contributed by atoms with E-state index in [1.165, 1.54) is 5.56 Å². The van der Waals surface area contributed by atoms with E-state index in [-0.39, 0.29) is 0 Å². The predicted molar refractivity (Wildman–Crippen MR) is 93.9 cm³/mol. The molecule has 23 heavy (non-hydrogen) atoms. The summed E-state index contributed by atoms with van der Waals surface area (Å²) in [4.78, 5) is 0. The van der Waals surface area contributed by atoms with Crippen molar-refractivity contribution in [2.75, 3.05) is 0 Å². The molecule has 3 rings (SSSR count). The molecule has 0 aromatic heterocycles. The number of allylic oxidation sites excluding steroid dienone is 3. The van der Waals surface area contributed by atoms with E-state index in [2.05, 4.69) is 39.0 Å². The standard InChI is InChI=1S/C21H22O2/c1-15-6-4-7-18(12-15)22-19-8-5-9-20(14-19)23-21-11-10-16(2)17(3)13-21/h4-14,16-17H,1-3H3. The summed E-state index contributed by atoms with van der Waals surface area (Å²) in [6.45, 7) is 6.47. The fraction of sp³-hybridized carbons (Fsp3) is 0.238. The quantitative estimate of drug-likeness (QED) is 0.701. The molecular weight excluding hydrogens is 284 g/mol. The highest BCUT2D eigenvalue weighted by Gasteiger charge is 2.13. The molecule has 0 radical (unpaired) electrons. The van der Waals surface area contributed by atoms with Crippen LogP contribution in [0.3, 0.4) is 0 Å². The van der Waals surface area contributed by atoms with Gasteiger partial charge in [-0.1, -0.05) is 38.1 Å². The first kappa shape index (κ1) is 15.4. The number of benzene rings is 2. The van der Waals surface area contributed by atoms with Crippen LogP contribution < -0.4 is 9.47 Å². The van der Waals surface area contributed by atoms with Gasteiger partial charge in [0.25, 0.3) is 0 Å². The van der Waals surface area contributed by atoms with E-state index in [0.29, 0.717) is 11.8 Å². The SMILES string of the molecule is Cc1cccc(Oc2cccc(OC3=CC(C)C(C)C=C3)c2)c1. The molecule has 2 aromatic carbocycles. The van der Waals surface area contributed by atoms with Gasteiger partial charge < -0.3 is 9.47 Å². The number of hydrogen-bond donors (Lipinski definition) is 0. The average Bonchev–Trinajstić information content (AvgIpc) is 2.51. The minimum absolute atomic E-state index is 0.488. The molecule has 2 heteroatoms. The second-order valence-electron chi connectivity index (χ2n) is 6.14.